The molecule has 1 fully saturated rings. The van der Waals surface area contributed by atoms with Gasteiger partial charge >= 0.3 is 12.1 Å². The highest BCUT2D eigenvalue weighted by Crippen LogP contribution is 2.36. The molecule has 1 saturated heterocycles. The van der Waals surface area contributed by atoms with E-state index in [-0.39, 0.29) is 11.7 Å². The summed E-state index contributed by atoms with van der Waals surface area (Å²) in [4.78, 5) is 11.5. The summed E-state index contributed by atoms with van der Waals surface area (Å²) in [6, 6.07) is 5.05. The Morgan fingerprint density at radius 3 is 2.69 bits per heavy atom. The zero-order valence-corrected chi connectivity index (χ0v) is 15.5. The van der Waals surface area contributed by atoms with Gasteiger partial charge in [0, 0.05) is 29.4 Å². The third-order valence-corrected chi connectivity index (χ3v) is 5.14. The summed E-state index contributed by atoms with van der Waals surface area (Å²) in [6.07, 6.45) is -1.81. The number of nitrogens with one attached hydrogen (secondary N) is 1. The van der Waals surface area contributed by atoms with Crippen molar-refractivity contribution in [2.45, 2.75) is 32.0 Å². The number of benzene rings is 1. The zero-order chi connectivity index (χ0) is 18.9. The fourth-order valence-electron chi connectivity index (χ4n) is 2.94. The van der Waals surface area contributed by atoms with Crippen LogP contribution >= 0.6 is 15.9 Å². The highest BCUT2D eigenvalue weighted by atomic mass is 79.9. The van der Waals surface area contributed by atoms with E-state index in [4.69, 9.17) is 4.74 Å². The molecule has 0 spiro atoms. The van der Waals surface area contributed by atoms with E-state index < -0.39 is 12.1 Å². The average Bonchev–Trinajstić information content (AvgIpc) is 3.07. The number of halogens is 4. The van der Waals surface area contributed by atoms with Crippen molar-refractivity contribution in [3.63, 3.8) is 0 Å². The van der Waals surface area contributed by atoms with Crippen molar-refractivity contribution in [3.05, 3.63) is 34.4 Å². The molecule has 140 valence electrons. The van der Waals surface area contributed by atoms with Gasteiger partial charge in [-0.15, -0.1) is 0 Å². The topological polar surface area (TPSA) is 56.2 Å². The van der Waals surface area contributed by atoms with Crippen molar-refractivity contribution in [3.8, 4) is 11.3 Å². The van der Waals surface area contributed by atoms with Gasteiger partial charge in [0.2, 0.25) is 0 Å². The number of hydrogen-bond donors (Lipinski definition) is 1. The van der Waals surface area contributed by atoms with Crippen molar-refractivity contribution in [1.29, 1.82) is 0 Å². The standard InChI is InChI=1S/C17H17BrF3N3O2/c1-10-8-14(23-16(25)17(19,20)21)12(9-13(10)18)15-2-5-22-24(15)11-3-6-26-7-4-11/h2,5,8-9,11H,3-4,6-7H2,1H3,(H,23,25). The second kappa shape index (κ2) is 7.40. The summed E-state index contributed by atoms with van der Waals surface area (Å²) < 4.78 is 46.0. The third-order valence-electron chi connectivity index (χ3n) is 4.29. The fourth-order valence-corrected chi connectivity index (χ4v) is 3.28. The van der Waals surface area contributed by atoms with Gasteiger partial charge in [0.1, 0.15) is 0 Å². The second-order valence-corrected chi connectivity index (χ2v) is 6.96. The van der Waals surface area contributed by atoms with Crippen LogP contribution in [0.3, 0.4) is 0 Å². The lowest BCUT2D eigenvalue weighted by atomic mass is 10.0. The molecule has 1 amide bonds. The van der Waals surface area contributed by atoms with Crippen LogP contribution in [0.25, 0.3) is 11.3 Å². The van der Waals surface area contributed by atoms with Gasteiger partial charge in [0.15, 0.2) is 0 Å². The lowest BCUT2D eigenvalue weighted by Gasteiger charge is -2.25. The van der Waals surface area contributed by atoms with E-state index in [2.05, 4.69) is 21.0 Å². The maximum atomic E-state index is 12.7. The molecular weight excluding hydrogens is 415 g/mol. The van der Waals surface area contributed by atoms with E-state index in [0.29, 0.717) is 30.0 Å². The molecule has 0 bridgehead atoms. The van der Waals surface area contributed by atoms with Gasteiger partial charge < -0.3 is 10.1 Å². The number of rotatable bonds is 3. The maximum absolute atomic E-state index is 12.7. The Morgan fingerprint density at radius 1 is 1.35 bits per heavy atom. The molecule has 0 unspecified atom stereocenters. The molecule has 0 radical (unpaired) electrons. The largest absolute Gasteiger partial charge is 0.471 e. The number of alkyl halides is 3. The van der Waals surface area contributed by atoms with Crippen LogP contribution in [-0.4, -0.2) is 35.1 Å². The molecule has 1 aliphatic rings. The Labute approximate surface area is 156 Å². The molecular formula is C17H17BrF3N3O2. The third kappa shape index (κ3) is 3.93. The number of aromatic nitrogens is 2. The van der Waals surface area contributed by atoms with E-state index in [1.165, 1.54) is 6.07 Å². The monoisotopic (exact) mass is 431 g/mol. The van der Waals surface area contributed by atoms with E-state index in [1.807, 2.05) is 5.32 Å². The number of carbonyl (C=O) groups excluding carboxylic acids is 1. The molecule has 2 aromatic rings. The van der Waals surface area contributed by atoms with Crippen molar-refractivity contribution in [1.82, 2.24) is 9.78 Å². The summed E-state index contributed by atoms with van der Waals surface area (Å²) in [5, 5.41) is 6.33. The van der Waals surface area contributed by atoms with Crippen LogP contribution in [-0.2, 0) is 9.53 Å². The van der Waals surface area contributed by atoms with Crippen LogP contribution in [0.5, 0.6) is 0 Å². The molecule has 26 heavy (non-hydrogen) atoms. The van der Waals surface area contributed by atoms with Crippen molar-refractivity contribution in [2.75, 3.05) is 18.5 Å². The summed E-state index contributed by atoms with van der Waals surface area (Å²) in [6.45, 7) is 2.96. The van der Waals surface area contributed by atoms with Gasteiger partial charge in [-0.2, -0.15) is 18.3 Å². The summed E-state index contributed by atoms with van der Waals surface area (Å²) in [7, 11) is 0. The highest BCUT2D eigenvalue weighted by Gasteiger charge is 2.39. The first-order valence-electron chi connectivity index (χ1n) is 8.07. The van der Waals surface area contributed by atoms with Crippen LogP contribution in [0.1, 0.15) is 24.4 Å². The lowest BCUT2D eigenvalue weighted by molar-refractivity contribution is -0.167. The van der Waals surface area contributed by atoms with E-state index in [9.17, 15) is 18.0 Å². The normalized spacial score (nSPS) is 15.9. The number of anilines is 1. The van der Waals surface area contributed by atoms with Gasteiger partial charge in [0.05, 0.1) is 17.4 Å². The van der Waals surface area contributed by atoms with Crippen LogP contribution in [0.15, 0.2) is 28.9 Å². The van der Waals surface area contributed by atoms with Crippen molar-refractivity contribution < 1.29 is 22.7 Å². The quantitative estimate of drug-likeness (QED) is 0.779. The van der Waals surface area contributed by atoms with E-state index >= 15 is 0 Å². The van der Waals surface area contributed by atoms with Crippen molar-refractivity contribution in [2.24, 2.45) is 0 Å². The molecule has 2 heterocycles. The number of hydrogen-bond acceptors (Lipinski definition) is 3. The van der Waals surface area contributed by atoms with Crippen LogP contribution in [0.4, 0.5) is 18.9 Å². The first-order chi connectivity index (χ1) is 12.3. The first-order valence-corrected chi connectivity index (χ1v) is 8.86. The van der Waals surface area contributed by atoms with Gasteiger partial charge in [-0.1, -0.05) is 15.9 Å². The number of amides is 1. The summed E-state index contributed by atoms with van der Waals surface area (Å²) in [5.74, 6) is -2.00. The number of carbonyl (C=O) groups is 1. The summed E-state index contributed by atoms with van der Waals surface area (Å²) in [5.41, 5.74) is 1.93. The molecule has 1 aliphatic heterocycles. The van der Waals surface area contributed by atoms with E-state index in [0.717, 1.165) is 17.3 Å². The maximum Gasteiger partial charge on any atom is 0.471 e. The smallest absolute Gasteiger partial charge is 0.381 e. The molecule has 9 heteroatoms. The molecule has 0 aliphatic carbocycles. The van der Waals surface area contributed by atoms with Gasteiger partial charge in [0.25, 0.3) is 0 Å². The Balaban J connectivity index is 2.03. The van der Waals surface area contributed by atoms with Gasteiger partial charge in [-0.3, -0.25) is 9.48 Å². The minimum absolute atomic E-state index is 0.0972. The van der Waals surface area contributed by atoms with Crippen LogP contribution < -0.4 is 5.32 Å². The Bertz CT molecular complexity index is 814. The molecule has 1 aromatic carbocycles. The number of nitrogens with zero attached hydrogens (tertiary/aromatic N) is 2. The minimum Gasteiger partial charge on any atom is -0.381 e. The summed E-state index contributed by atoms with van der Waals surface area (Å²) >= 11 is 3.41. The SMILES string of the molecule is Cc1cc(NC(=O)C(F)(F)F)c(-c2ccnn2C2CCOCC2)cc1Br. The molecule has 1 aromatic heterocycles. The molecule has 0 saturated carbocycles. The highest BCUT2D eigenvalue weighted by molar-refractivity contribution is 9.10. The first kappa shape index (κ1) is 18.9. The van der Waals surface area contributed by atoms with Crippen LogP contribution in [0, 0.1) is 6.92 Å². The Kier molecular flexibility index (Phi) is 5.38. The Morgan fingerprint density at radius 2 is 2.04 bits per heavy atom. The van der Waals surface area contributed by atoms with Gasteiger partial charge in [-0.05, 0) is 43.5 Å². The lowest BCUT2D eigenvalue weighted by Crippen LogP contribution is -2.30. The predicted octanol–water partition coefficient (Wildman–Crippen LogP) is 4.47. The predicted molar refractivity (Wildman–Crippen MR) is 93.9 cm³/mol. The number of ether oxygens (including phenoxy) is 1. The van der Waals surface area contributed by atoms with Gasteiger partial charge in [-0.25, -0.2) is 0 Å². The van der Waals surface area contributed by atoms with Crippen molar-refractivity contribution >= 4 is 27.5 Å². The Hall–Kier alpha value is -1.87. The molecule has 1 N–H and O–H groups in total. The molecule has 0 atom stereocenters. The zero-order valence-electron chi connectivity index (χ0n) is 13.9. The molecule has 3 rings (SSSR count). The average molecular weight is 432 g/mol. The van der Waals surface area contributed by atoms with E-state index in [1.54, 1.807) is 29.9 Å². The second-order valence-electron chi connectivity index (χ2n) is 6.10. The number of aryl methyl sites for hydroxylation is 1. The minimum atomic E-state index is -4.96. The fraction of sp³-hybridized carbons (Fsp3) is 0.412. The van der Waals surface area contributed by atoms with Crippen LogP contribution in [0.2, 0.25) is 0 Å². The molecule has 5 nitrogen and oxygen atoms in total.